The molecular formula is C22H23FN3O11P. The third-order valence-electron chi connectivity index (χ3n) is 5.54. The van der Waals surface area contributed by atoms with Gasteiger partial charge in [0.15, 0.2) is 18.0 Å². The standard InChI is InChI=1S/C22H23FN3O11P/c1-3-32-22(30)13-7-5-4-6-12(13)9-33-38(31)34-10-14-17(37-38)18(35-11(2)27)21(36-14)26-8-15(23)25-16(19(24)28)20(26)29/h4-8,14,17-18,21H,3,9-10H2,1-2H3,(H2,24,28)/t14-,17-,18-,21-,38?/m1/s1. The van der Waals surface area contributed by atoms with Gasteiger partial charge in [-0.25, -0.2) is 14.3 Å². The van der Waals surface area contributed by atoms with Crippen LogP contribution in [-0.4, -0.2) is 58.9 Å². The molecule has 1 amide bonds. The van der Waals surface area contributed by atoms with Crippen molar-refractivity contribution < 1.29 is 51.1 Å². The molecule has 2 aromatic rings. The summed E-state index contributed by atoms with van der Waals surface area (Å²) in [7, 11) is -4.33. The fourth-order valence-corrected chi connectivity index (χ4v) is 5.33. The van der Waals surface area contributed by atoms with Crippen LogP contribution in [0.3, 0.4) is 0 Å². The van der Waals surface area contributed by atoms with Gasteiger partial charge in [-0.3, -0.25) is 32.5 Å². The smallest absolute Gasteiger partial charge is 0.462 e. The molecule has 0 spiro atoms. The van der Waals surface area contributed by atoms with Crippen LogP contribution in [-0.2, 0) is 43.7 Å². The largest absolute Gasteiger partial charge is 0.475 e. The zero-order valence-electron chi connectivity index (χ0n) is 20.1. The first-order chi connectivity index (χ1) is 18.0. The van der Waals surface area contributed by atoms with Gasteiger partial charge < -0.3 is 19.9 Å². The van der Waals surface area contributed by atoms with Crippen molar-refractivity contribution in [1.29, 1.82) is 0 Å². The van der Waals surface area contributed by atoms with E-state index in [1.807, 2.05) is 0 Å². The SMILES string of the molecule is CCOC(=O)c1ccccc1COP1(=O)OC[C@H]2O[C@@H](n3cc(F)nc(C(N)=O)c3=O)[C@H](OC(C)=O)[C@@H]2O1. The highest BCUT2D eigenvalue weighted by Gasteiger charge is 2.56. The number of nitrogens with zero attached hydrogens (tertiary/aromatic N) is 2. The molecule has 204 valence electrons. The molecule has 16 heteroatoms. The van der Waals surface area contributed by atoms with E-state index < -0.39 is 67.4 Å². The zero-order chi connectivity index (χ0) is 27.6. The summed E-state index contributed by atoms with van der Waals surface area (Å²) in [6, 6.07) is 6.31. The summed E-state index contributed by atoms with van der Waals surface area (Å²) in [6.45, 7) is 2.10. The minimum Gasteiger partial charge on any atom is -0.462 e. The number of carbonyl (C=O) groups is 3. The zero-order valence-corrected chi connectivity index (χ0v) is 21.0. The summed E-state index contributed by atoms with van der Waals surface area (Å²) in [4.78, 5) is 51.5. The van der Waals surface area contributed by atoms with E-state index in [2.05, 4.69) is 4.98 Å². The number of hydrogen-bond acceptors (Lipinski definition) is 12. The molecule has 5 atom stereocenters. The fourth-order valence-electron chi connectivity index (χ4n) is 3.95. The lowest BCUT2D eigenvalue weighted by Gasteiger charge is -2.31. The van der Waals surface area contributed by atoms with Crippen molar-refractivity contribution in [1.82, 2.24) is 9.55 Å². The Balaban J connectivity index is 1.59. The molecule has 0 radical (unpaired) electrons. The number of aromatic nitrogens is 2. The number of benzene rings is 1. The number of phosphoric ester groups is 1. The highest BCUT2D eigenvalue weighted by atomic mass is 31.2. The molecule has 2 saturated heterocycles. The van der Waals surface area contributed by atoms with Gasteiger partial charge in [0.25, 0.3) is 11.5 Å². The quantitative estimate of drug-likeness (QED) is 0.363. The molecule has 1 unspecified atom stereocenters. The maximum absolute atomic E-state index is 14.1. The molecule has 38 heavy (non-hydrogen) atoms. The molecule has 2 N–H and O–H groups in total. The van der Waals surface area contributed by atoms with Crippen molar-refractivity contribution in [3.05, 3.63) is 63.6 Å². The summed E-state index contributed by atoms with van der Waals surface area (Å²) < 4.78 is 60.3. The first-order valence-electron chi connectivity index (χ1n) is 11.3. The lowest BCUT2D eigenvalue weighted by molar-refractivity contribution is -0.155. The Morgan fingerprint density at radius 2 is 2.03 bits per heavy atom. The molecule has 2 aliphatic rings. The molecule has 14 nitrogen and oxygen atoms in total. The van der Waals surface area contributed by atoms with Crippen molar-refractivity contribution in [3.63, 3.8) is 0 Å². The van der Waals surface area contributed by atoms with E-state index in [9.17, 15) is 28.1 Å². The monoisotopic (exact) mass is 555 g/mol. The van der Waals surface area contributed by atoms with Gasteiger partial charge in [0.05, 0.1) is 31.6 Å². The third kappa shape index (κ3) is 5.66. The molecule has 0 bridgehead atoms. The van der Waals surface area contributed by atoms with Crippen LogP contribution in [0.15, 0.2) is 35.3 Å². The Morgan fingerprint density at radius 3 is 2.71 bits per heavy atom. The van der Waals surface area contributed by atoms with E-state index in [0.29, 0.717) is 16.3 Å². The lowest BCUT2D eigenvalue weighted by atomic mass is 10.1. The van der Waals surface area contributed by atoms with Crippen molar-refractivity contribution in [2.45, 2.75) is 45.0 Å². The van der Waals surface area contributed by atoms with E-state index in [1.165, 1.54) is 6.07 Å². The summed E-state index contributed by atoms with van der Waals surface area (Å²) in [6.07, 6.45) is -4.65. The number of halogens is 1. The van der Waals surface area contributed by atoms with Crippen LogP contribution < -0.4 is 11.3 Å². The van der Waals surface area contributed by atoms with E-state index in [0.717, 1.165) is 6.92 Å². The Labute approximate surface area is 214 Å². The minimum atomic E-state index is -4.33. The van der Waals surface area contributed by atoms with Crippen LogP contribution in [0.25, 0.3) is 0 Å². The average molecular weight is 555 g/mol. The predicted molar refractivity (Wildman–Crippen MR) is 122 cm³/mol. The van der Waals surface area contributed by atoms with Crippen LogP contribution in [0.4, 0.5) is 4.39 Å². The van der Waals surface area contributed by atoms with Crippen molar-refractivity contribution in [2.24, 2.45) is 5.73 Å². The maximum atomic E-state index is 14.1. The van der Waals surface area contributed by atoms with Gasteiger partial charge >= 0.3 is 19.8 Å². The number of carbonyl (C=O) groups excluding carboxylic acids is 3. The molecule has 3 heterocycles. The van der Waals surface area contributed by atoms with Crippen LogP contribution in [0.5, 0.6) is 0 Å². The molecule has 0 aliphatic carbocycles. The van der Waals surface area contributed by atoms with Gasteiger partial charge in [0.2, 0.25) is 5.95 Å². The number of hydrogen-bond donors (Lipinski definition) is 1. The van der Waals surface area contributed by atoms with Gasteiger partial charge in [0.1, 0.15) is 12.2 Å². The Hall–Kier alpha value is -3.49. The van der Waals surface area contributed by atoms with Crippen LogP contribution in [0.1, 0.15) is 46.5 Å². The number of fused-ring (bicyclic) bond motifs is 1. The Kier molecular flexibility index (Phi) is 8.04. The molecular weight excluding hydrogens is 532 g/mol. The van der Waals surface area contributed by atoms with Crippen molar-refractivity contribution in [2.75, 3.05) is 13.2 Å². The number of nitrogens with two attached hydrogens (primary N) is 1. The number of rotatable bonds is 8. The summed E-state index contributed by atoms with van der Waals surface area (Å²) in [5, 5.41) is 0. The Morgan fingerprint density at radius 1 is 1.29 bits per heavy atom. The van der Waals surface area contributed by atoms with Crippen LogP contribution in [0.2, 0.25) is 0 Å². The number of amides is 1. The third-order valence-corrected chi connectivity index (χ3v) is 6.95. The second-order valence-electron chi connectivity index (χ2n) is 8.09. The highest BCUT2D eigenvalue weighted by molar-refractivity contribution is 7.48. The molecule has 2 aliphatic heterocycles. The van der Waals surface area contributed by atoms with Gasteiger partial charge in [0, 0.05) is 6.92 Å². The van der Waals surface area contributed by atoms with E-state index in [4.69, 9.17) is 33.5 Å². The number of esters is 2. The number of phosphoric acid groups is 1. The first kappa shape index (κ1) is 27.5. The summed E-state index contributed by atoms with van der Waals surface area (Å²) in [5.41, 5.74) is 3.61. The molecule has 0 saturated carbocycles. The first-order valence-corrected chi connectivity index (χ1v) is 12.7. The minimum absolute atomic E-state index is 0.145. The topological polar surface area (TPSA) is 185 Å². The van der Waals surface area contributed by atoms with E-state index >= 15 is 0 Å². The lowest BCUT2D eigenvalue weighted by Crippen LogP contribution is -2.43. The molecule has 1 aromatic carbocycles. The fraction of sp³-hybridized carbons (Fsp3) is 0.409. The average Bonchev–Trinajstić information content (AvgIpc) is 3.20. The second kappa shape index (κ2) is 11.1. The molecule has 4 rings (SSSR count). The number of ether oxygens (including phenoxy) is 3. The summed E-state index contributed by atoms with van der Waals surface area (Å²) in [5.74, 6) is -3.95. The second-order valence-corrected chi connectivity index (χ2v) is 9.71. The van der Waals surface area contributed by atoms with Crippen LogP contribution >= 0.6 is 7.82 Å². The molecule has 1 aromatic heterocycles. The van der Waals surface area contributed by atoms with Gasteiger partial charge in [-0.15, -0.1) is 0 Å². The van der Waals surface area contributed by atoms with Gasteiger partial charge in [-0.1, -0.05) is 18.2 Å². The Bertz CT molecular complexity index is 1370. The van der Waals surface area contributed by atoms with Gasteiger partial charge in [-0.05, 0) is 18.6 Å². The van der Waals surface area contributed by atoms with E-state index in [-0.39, 0.29) is 25.4 Å². The van der Waals surface area contributed by atoms with Crippen LogP contribution in [0, 0.1) is 5.95 Å². The molecule has 2 fully saturated rings. The van der Waals surface area contributed by atoms with Gasteiger partial charge in [-0.2, -0.15) is 4.39 Å². The predicted octanol–water partition coefficient (Wildman–Crippen LogP) is 1.23. The highest BCUT2D eigenvalue weighted by Crippen LogP contribution is 2.57. The van der Waals surface area contributed by atoms with Crippen molar-refractivity contribution >= 4 is 25.7 Å². The summed E-state index contributed by atoms with van der Waals surface area (Å²) >= 11 is 0. The van der Waals surface area contributed by atoms with Crippen molar-refractivity contribution in [3.8, 4) is 0 Å². The maximum Gasteiger partial charge on any atom is 0.475 e. The number of primary amides is 1. The van der Waals surface area contributed by atoms with E-state index in [1.54, 1.807) is 25.1 Å². The normalized spacial score (nSPS) is 26.4.